The number of nitrogens with zero attached hydrogens (tertiary/aromatic N) is 2. The van der Waals surface area contributed by atoms with E-state index in [9.17, 15) is 0 Å². The third-order valence-corrected chi connectivity index (χ3v) is 5.14. The second-order valence-corrected chi connectivity index (χ2v) is 6.18. The molecule has 2 saturated heterocycles. The fourth-order valence-corrected chi connectivity index (χ4v) is 3.55. The van der Waals surface area contributed by atoms with Crippen LogP contribution >= 0.6 is 15.9 Å². The summed E-state index contributed by atoms with van der Waals surface area (Å²) in [5.41, 5.74) is 8.08. The first-order chi connectivity index (χ1) is 8.74. The average molecular weight is 310 g/mol. The summed E-state index contributed by atoms with van der Waals surface area (Å²) in [6, 6.07) is 6.95. The average Bonchev–Trinajstić information content (AvgIpc) is 2.82. The minimum atomic E-state index is 0.790. The van der Waals surface area contributed by atoms with Crippen molar-refractivity contribution >= 4 is 21.6 Å². The minimum absolute atomic E-state index is 0.790. The van der Waals surface area contributed by atoms with E-state index in [4.69, 9.17) is 5.73 Å². The predicted octanol–water partition coefficient (Wildman–Crippen LogP) is 2.31. The number of rotatable bonds is 2. The van der Waals surface area contributed by atoms with Crippen LogP contribution in [-0.2, 0) is 6.54 Å². The van der Waals surface area contributed by atoms with Crippen molar-refractivity contribution in [1.29, 1.82) is 0 Å². The molecule has 1 unspecified atom stereocenters. The number of nitrogens with two attached hydrogens (primary N) is 1. The second-order valence-electron chi connectivity index (χ2n) is 5.39. The molecule has 2 N–H and O–H groups in total. The van der Waals surface area contributed by atoms with Gasteiger partial charge in [-0.05, 0) is 46.9 Å². The summed E-state index contributed by atoms with van der Waals surface area (Å²) in [6.07, 6.45) is 2.75. The molecule has 1 atom stereocenters. The van der Waals surface area contributed by atoms with Crippen LogP contribution in [0.15, 0.2) is 22.7 Å². The van der Waals surface area contributed by atoms with Crippen LogP contribution in [0.25, 0.3) is 0 Å². The van der Waals surface area contributed by atoms with Gasteiger partial charge in [-0.3, -0.25) is 9.80 Å². The molecular formula is C14H20BrN3. The lowest BCUT2D eigenvalue weighted by Gasteiger charge is -2.37. The molecule has 0 spiro atoms. The van der Waals surface area contributed by atoms with Gasteiger partial charge in [0.25, 0.3) is 0 Å². The van der Waals surface area contributed by atoms with Crippen LogP contribution in [0.5, 0.6) is 0 Å². The monoisotopic (exact) mass is 309 g/mol. The molecule has 0 radical (unpaired) electrons. The smallest absolute Gasteiger partial charge is 0.0461 e. The SMILES string of the molecule is Nc1cccc(CN2CCN3CCCC3C2)c1Br. The Kier molecular flexibility index (Phi) is 3.59. The fraction of sp³-hybridized carbons (Fsp3) is 0.571. The summed E-state index contributed by atoms with van der Waals surface area (Å²) in [6.45, 7) is 5.93. The maximum absolute atomic E-state index is 5.94. The molecule has 2 aliphatic heterocycles. The highest BCUT2D eigenvalue weighted by Gasteiger charge is 2.30. The first-order valence-corrected chi connectivity index (χ1v) is 7.52. The van der Waals surface area contributed by atoms with Gasteiger partial charge in [-0.25, -0.2) is 0 Å². The van der Waals surface area contributed by atoms with E-state index < -0.39 is 0 Å². The zero-order chi connectivity index (χ0) is 12.5. The summed E-state index contributed by atoms with van der Waals surface area (Å²) < 4.78 is 1.07. The Bertz CT molecular complexity index is 435. The van der Waals surface area contributed by atoms with E-state index >= 15 is 0 Å². The summed E-state index contributed by atoms with van der Waals surface area (Å²) >= 11 is 3.60. The largest absolute Gasteiger partial charge is 0.398 e. The lowest BCUT2D eigenvalue weighted by Crippen LogP contribution is -2.49. The van der Waals surface area contributed by atoms with Crippen LogP contribution in [-0.4, -0.2) is 42.0 Å². The number of benzene rings is 1. The molecule has 0 bridgehead atoms. The van der Waals surface area contributed by atoms with E-state index in [1.807, 2.05) is 12.1 Å². The van der Waals surface area contributed by atoms with Crippen LogP contribution in [0.2, 0.25) is 0 Å². The van der Waals surface area contributed by atoms with Gasteiger partial charge in [0.2, 0.25) is 0 Å². The molecule has 0 saturated carbocycles. The number of anilines is 1. The van der Waals surface area contributed by atoms with Crippen LogP contribution in [0.4, 0.5) is 5.69 Å². The third-order valence-electron chi connectivity index (χ3n) is 4.17. The summed E-state index contributed by atoms with van der Waals surface area (Å²) in [5, 5.41) is 0. The van der Waals surface area contributed by atoms with E-state index in [0.717, 1.165) is 22.7 Å². The Balaban J connectivity index is 1.68. The van der Waals surface area contributed by atoms with Crippen molar-refractivity contribution in [3.8, 4) is 0 Å². The van der Waals surface area contributed by atoms with Gasteiger partial charge < -0.3 is 5.73 Å². The quantitative estimate of drug-likeness (QED) is 0.851. The summed E-state index contributed by atoms with van der Waals surface area (Å²) in [4.78, 5) is 5.21. The molecule has 2 fully saturated rings. The van der Waals surface area contributed by atoms with Gasteiger partial charge >= 0.3 is 0 Å². The Hall–Kier alpha value is -0.580. The number of nitrogen functional groups attached to an aromatic ring is 1. The van der Waals surface area contributed by atoms with Gasteiger partial charge in [-0.1, -0.05) is 12.1 Å². The highest BCUT2D eigenvalue weighted by Crippen LogP contribution is 2.27. The van der Waals surface area contributed by atoms with Crippen LogP contribution in [0.1, 0.15) is 18.4 Å². The molecule has 2 heterocycles. The molecule has 2 aliphatic rings. The van der Waals surface area contributed by atoms with Gasteiger partial charge in [0.15, 0.2) is 0 Å². The van der Waals surface area contributed by atoms with E-state index in [2.05, 4.69) is 31.8 Å². The fourth-order valence-electron chi connectivity index (χ4n) is 3.16. The molecule has 18 heavy (non-hydrogen) atoms. The van der Waals surface area contributed by atoms with Crippen molar-refractivity contribution in [1.82, 2.24) is 9.80 Å². The van der Waals surface area contributed by atoms with Crippen LogP contribution in [0.3, 0.4) is 0 Å². The lowest BCUT2D eigenvalue weighted by molar-refractivity contribution is 0.0992. The number of hydrogen-bond acceptors (Lipinski definition) is 3. The van der Waals surface area contributed by atoms with Crippen molar-refractivity contribution in [2.45, 2.75) is 25.4 Å². The highest BCUT2D eigenvalue weighted by molar-refractivity contribution is 9.10. The Morgan fingerprint density at radius 2 is 2.17 bits per heavy atom. The van der Waals surface area contributed by atoms with Gasteiger partial charge in [-0.2, -0.15) is 0 Å². The van der Waals surface area contributed by atoms with E-state index in [1.165, 1.54) is 44.6 Å². The topological polar surface area (TPSA) is 32.5 Å². The van der Waals surface area contributed by atoms with Crippen molar-refractivity contribution in [3.05, 3.63) is 28.2 Å². The zero-order valence-corrected chi connectivity index (χ0v) is 12.2. The van der Waals surface area contributed by atoms with E-state index in [1.54, 1.807) is 0 Å². The lowest BCUT2D eigenvalue weighted by atomic mass is 10.1. The van der Waals surface area contributed by atoms with Crippen LogP contribution < -0.4 is 5.73 Å². The number of piperazine rings is 1. The van der Waals surface area contributed by atoms with Gasteiger partial charge in [0.05, 0.1) is 0 Å². The Morgan fingerprint density at radius 3 is 3.06 bits per heavy atom. The third kappa shape index (κ3) is 2.42. The minimum Gasteiger partial charge on any atom is -0.398 e. The number of halogens is 1. The van der Waals surface area contributed by atoms with Gasteiger partial charge in [0, 0.05) is 42.4 Å². The first kappa shape index (κ1) is 12.5. The maximum Gasteiger partial charge on any atom is 0.0461 e. The molecule has 4 heteroatoms. The number of hydrogen-bond donors (Lipinski definition) is 1. The van der Waals surface area contributed by atoms with E-state index in [-0.39, 0.29) is 0 Å². The molecule has 1 aromatic rings. The molecule has 98 valence electrons. The Labute approximate surface area is 117 Å². The second kappa shape index (κ2) is 5.19. The molecule has 3 nitrogen and oxygen atoms in total. The van der Waals surface area contributed by atoms with Gasteiger partial charge in [-0.15, -0.1) is 0 Å². The first-order valence-electron chi connectivity index (χ1n) is 6.73. The standard InChI is InChI=1S/C14H20BrN3/c15-14-11(3-1-5-13(14)16)9-17-7-8-18-6-2-4-12(18)10-17/h1,3,5,12H,2,4,6-10,16H2. The van der Waals surface area contributed by atoms with Crippen molar-refractivity contribution < 1.29 is 0 Å². The molecule has 3 rings (SSSR count). The maximum atomic E-state index is 5.94. The van der Waals surface area contributed by atoms with Crippen LogP contribution in [0, 0.1) is 0 Å². The molecular weight excluding hydrogens is 290 g/mol. The molecule has 0 amide bonds. The molecule has 1 aromatic carbocycles. The van der Waals surface area contributed by atoms with E-state index in [0.29, 0.717) is 0 Å². The van der Waals surface area contributed by atoms with Crippen molar-refractivity contribution in [3.63, 3.8) is 0 Å². The highest BCUT2D eigenvalue weighted by atomic mass is 79.9. The predicted molar refractivity (Wildman–Crippen MR) is 78.4 cm³/mol. The van der Waals surface area contributed by atoms with Crippen molar-refractivity contribution in [2.75, 3.05) is 31.9 Å². The van der Waals surface area contributed by atoms with Crippen molar-refractivity contribution in [2.24, 2.45) is 0 Å². The number of fused-ring (bicyclic) bond motifs is 1. The Morgan fingerprint density at radius 1 is 1.28 bits per heavy atom. The summed E-state index contributed by atoms with van der Waals surface area (Å²) in [5.74, 6) is 0. The van der Waals surface area contributed by atoms with Gasteiger partial charge in [0.1, 0.15) is 0 Å². The summed E-state index contributed by atoms with van der Waals surface area (Å²) in [7, 11) is 0. The molecule has 0 aromatic heterocycles. The zero-order valence-electron chi connectivity index (χ0n) is 10.6. The normalized spacial score (nSPS) is 25.3. The molecule has 0 aliphatic carbocycles.